The van der Waals surface area contributed by atoms with Crippen LogP contribution in [0.2, 0.25) is 10.0 Å². The Balaban J connectivity index is 1.26. The van der Waals surface area contributed by atoms with Crippen LogP contribution in [0.4, 0.5) is 0 Å². The van der Waals surface area contributed by atoms with Crippen molar-refractivity contribution in [2.24, 2.45) is 0 Å². The molecule has 7 nitrogen and oxygen atoms in total. The summed E-state index contributed by atoms with van der Waals surface area (Å²) in [5, 5.41) is 1.09. The van der Waals surface area contributed by atoms with E-state index in [0.29, 0.717) is 40.2 Å². The maximum atomic E-state index is 12.9. The molecule has 0 atom stereocenters. The summed E-state index contributed by atoms with van der Waals surface area (Å²) >= 11 is 12.1. The van der Waals surface area contributed by atoms with Crippen molar-refractivity contribution in [3.05, 3.63) is 87.3 Å². The molecule has 0 aliphatic carbocycles. The fourth-order valence-corrected chi connectivity index (χ4v) is 4.01. The average Bonchev–Trinajstić information content (AvgIpc) is 3.34. The zero-order chi connectivity index (χ0) is 24.1. The van der Waals surface area contributed by atoms with Crippen LogP contribution in [0.15, 0.2) is 59.0 Å². The van der Waals surface area contributed by atoms with Crippen LogP contribution in [-0.4, -0.2) is 55.0 Å². The van der Waals surface area contributed by atoms with E-state index in [-0.39, 0.29) is 18.3 Å². The van der Waals surface area contributed by atoms with Crippen LogP contribution in [-0.2, 0) is 17.9 Å². The summed E-state index contributed by atoms with van der Waals surface area (Å²) in [6, 6.07) is 15.7. The Morgan fingerprint density at radius 2 is 1.68 bits per heavy atom. The Kier molecular flexibility index (Phi) is 7.77. The molecule has 1 aliphatic heterocycles. The lowest BCUT2D eigenvalue weighted by atomic mass is 10.2. The first kappa shape index (κ1) is 24.1. The summed E-state index contributed by atoms with van der Waals surface area (Å²) in [6.45, 7) is 3.65. The first-order valence-electron chi connectivity index (χ1n) is 10.8. The molecule has 1 aliphatic rings. The second-order valence-electron chi connectivity index (χ2n) is 7.89. The lowest BCUT2D eigenvalue weighted by molar-refractivity contribution is 0.0590. The molecule has 34 heavy (non-hydrogen) atoms. The molecule has 4 rings (SSSR count). The number of methoxy groups -OCH3 is 1. The van der Waals surface area contributed by atoms with Crippen molar-refractivity contribution in [2.45, 2.75) is 13.2 Å². The summed E-state index contributed by atoms with van der Waals surface area (Å²) in [6.07, 6.45) is 0. The number of amides is 1. The van der Waals surface area contributed by atoms with E-state index in [9.17, 15) is 9.59 Å². The molecule has 1 amide bonds. The molecule has 0 unspecified atom stereocenters. The Morgan fingerprint density at radius 3 is 2.35 bits per heavy atom. The van der Waals surface area contributed by atoms with Crippen molar-refractivity contribution < 1.29 is 23.5 Å². The standard InChI is InChI=1S/C25H24Cl2N2O5/c1-32-25(31)18-3-5-19(6-4-18)33-16-20-7-9-23(34-20)24(30)29-12-10-28(11-13-29)15-17-2-8-21(26)22(27)14-17/h2-9,14H,10-13,15-16H2,1H3. The van der Waals surface area contributed by atoms with Crippen LogP contribution < -0.4 is 4.74 Å². The van der Waals surface area contributed by atoms with Gasteiger partial charge in [0.25, 0.3) is 5.91 Å². The fourth-order valence-electron chi connectivity index (χ4n) is 3.69. The number of esters is 1. The number of piperazine rings is 1. The number of furan rings is 1. The second kappa shape index (κ2) is 11.0. The van der Waals surface area contributed by atoms with Crippen molar-refractivity contribution >= 4 is 35.1 Å². The highest BCUT2D eigenvalue weighted by Crippen LogP contribution is 2.24. The first-order valence-corrected chi connectivity index (χ1v) is 11.5. The number of nitrogens with zero attached hydrogens (tertiary/aromatic N) is 2. The maximum Gasteiger partial charge on any atom is 0.337 e. The quantitative estimate of drug-likeness (QED) is 0.427. The highest BCUT2D eigenvalue weighted by molar-refractivity contribution is 6.42. The molecule has 0 radical (unpaired) electrons. The Morgan fingerprint density at radius 1 is 0.941 bits per heavy atom. The van der Waals surface area contributed by atoms with Crippen molar-refractivity contribution in [2.75, 3.05) is 33.3 Å². The van der Waals surface area contributed by atoms with Gasteiger partial charge in [0, 0.05) is 32.7 Å². The van der Waals surface area contributed by atoms with Gasteiger partial charge in [0.05, 0.1) is 22.7 Å². The fraction of sp³-hybridized carbons (Fsp3) is 0.280. The predicted molar refractivity (Wildman–Crippen MR) is 128 cm³/mol. The van der Waals surface area contributed by atoms with Crippen molar-refractivity contribution in [1.82, 2.24) is 9.80 Å². The van der Waals surface area contributed by atoms with E-state index in [4.69, 9.17) is 32.4 Å². The zero-order valence-corrected chi connectivity index (χ0v) is 20.1. The molecule has 9 heteroatoms. The molecule has 1 fully saturated rings. The van der Waals surface area contributed by atoms with Gasteiger partial charge in [-0.3, -0.25) is 9.69 Å². The van der Waals surface area contributed by atoms with Crippen LogP contribution in [0, 0.1) is 0 Å². The molecule has 2 heterocycles. The number of hydrogen-bond acceptors (Lipinski definition) is 6. The topological polar surface area (TPSA) is 72.2 Å². The average molecular weight is 503 g/mol. The Hall–Kier alpha value is -3.00. The minimum absolute atomic E-state index is 0.136. The van der Waals surface area contributed by atoms with Gasteiger partial charge < -0.3 is 18.8 Å². The van der Waals surface area contributed by atoms with Gasteiger partial charge >= 0.3 is 5.97 Å². The van der Waals surface area contributed by atoms with E-state index < -0.39 is 5.97 Å². The predicted octanol–water partition coefficient (Wildman–Crippen LogP) is 4.91. The molecule has 0 spiro atoms. The van der Waals surface area contributed by atoms with E-state index in [1.165, 1.54) is 7.11 Å². The molecular weight excluding hydrogens is 479 g/mol. The van der Waals surface area contributed by atoms with Gasteiger partial charge in [0.15, 0.2) is 5.76 Å². The molecule has 0 bridgehead atoms. The SMILES string of the molecule is COC(=O)c1ccc(OCc2ccc(C(=O)N3CCN(Cc4ccc(Cl)c(Cl)c4)CC3)o2)cc1. The van der Waals surface area contributed by atoms with E-state index in [1.54, 1.807) is 47.4 Å². The molecule has 3 aromatic rings. The van der Waals surface area contributed by atoms with Crippen LogP contribution in [0.3, 0.4) is 0 Å². The number of carbonyl (C=O) groups is 2. The minimum Gasteiger partial charge on any atom is -0.486 e. The van der Waals surface area contributed by atoms with Gasteiger partial charge in [-0.05, 0) is 54.1 Å². The van der Waals surface area contributed by atoms with Crippen LogP contribution in [0.25, 0.3) is 0 Å². The van der Waals surface area contributed by atoms with Crippen LogP contribution >= 0.6 is 23.2 Å². The van der Waals surface area contributed by atoms with E-state index in [0.717, 1.165) is 25.2 Å². The van der Waals surface area contributed by atoms with Gasteiger partial charge in [-0.1, -0.05) is 29.3 Å². The molecule has 178 valence electrons. The Labute approximate surface area is 207 Å². The van der Waals surface area contributed by atoms with Crippen LogP contribution in [0.1, 0.15) is 32.2 Å². The van der Waals surface area contributed by atoms with E-state index in [2.05, 4.69) is 9.64 Å². The van der Waals surface area contributed by atoms with Gasteiger partial charge in [-0.2, -0.15) is 0 Å². The third-order valence-corrected chi connectivity index (χ3v) is 6.32. The third-order valence-electron chi connectivity index (χ3n) is 5.58. The normalized spacial score (nSPS) is 14.1. The van der Waals surface area contributed by atoms with Crippen molar-refractivity contribution in [3.63, 3.8) is 0 Å². The number of hydrogen-bond donors (Lipinski definition) is 0. The van der Waals surface area contributed by atoms with Crippen molar-refractivity contribution in [1.29, 1.82) is 0 Å². The first-order chi connectivity index (χ1) is 16.4. The van der Waals surface area contributed by atoms with E-state index in [1.807, 2.05) is 12.1 Å². The number of halogens is 2. The van der Waals surface area contributed by atoms with Gasteiger partial charge in [-0.15, -0.1) is 0 Å². The third kappa shape index (κ3) is 5.91. The molecule has 0 N–H and O–H groups in total. The lowest BCUT2D eigenvalue weighted by Crippen LogP contribution is -2.48. The Bertz CT molecular complexity index is 1150. The number of ether oxygens (including phenoxy) is 2. The van der Waals surface area contributed by atoms with Gasteiger partial charge in [0.2, 0.25) is 0 Å². The summed E-state index contributed by atoms with van der Waals surface area (Å²) in [4.78, 5) is 28.4. The lowest BCUT2D eigenvalue weighted by Gasteiger charge is -2.34. The molecule has 0 saturated carbocycles. The van der Waals surface area contributed by atoms with Crippen LogP contribution in [0.5, 0.6) is 5.75 Å². The smallest absolute Gasteiger partial charge is 0.337 e. The molecular formula is C25H24Cl2N2O5. The second-order valence-corrected chi connectivity index (χ2v) is 8.70. The number of rotatable bonds is 7. The minimum atomic E-state index is -0.407. The summed E-state index contributed by atoms with van der Waals surface area (Å²) in [5.41, 5.74) is 1.53. The molecule has 1 aromatic heterocycles. The number of benzene rings is 2. The van der Waals surface area contributed by atoms with Gasteiger partial charge in [0.1, 0.15) is 18.1 Å². The number of carbonyl (C=O) groups excluding carboxylic acids is 2. The summed E-state index contributed by atoms with van der Waals surface area (Å²) in [7, 11) is 1.33. The van der Waals surface area contributed by atoms with Crippen molar-refractivity contribution in [3.8, 4) is 5.75 Å². The summed E-state index contributed by atoms with van der Waals surface area (Å²) in [5.74, 6) is 0.866. The highest BCUT2D eigenvalue weighted by atomic mass is 35.5. The monoisotopic (exact) mass is 502 g/mol. The maximum absolute atomic E-state index is 12.9. The van der Waals surface area contributed by atoms with E-state index >= 15 is 0 Å². The van der Waals surface area contributed by atoms with Gasteiger partial charge in [-0.25, -0.2) is 4.79 Å². The zero-order valence-electron chi connectivity index (χ0n) is 18.6. The highest BCUT2D eigenvalue weighted by Gasteiger charge is 2.24. The largest absolute Gasteiger partial charge is 0.486 e. The molecule has 1 saturated heterocycles. The molecule has 2 aromatic carbocycles. The summed E-state index contributed by atoms with van der Waals surface area (Å²) < 4.78 is 16.1.